The summed E-state index contributed by atoms with van der Waals surface area (Å²) in [5.41, 5.74) is 0.963. The Bertz CT molecular complexity index is 1010. The summed E-state index contributed by atoms with van der Waals surface area (Å²) in [4.78, 5) is 64.5. The maximum Gasteiger partial charge on any atom is 0.305 e. The van der Waals surface area contributed by atoms with Gasteiger partial charge in [-0.3, -0.25) is 28.9 Å². The monoisotopic (exact) mass is 515 g/mol. The van der Waals surface area contributed by atoms with E-state index in [1.54, 1.807) is 18.2 Å². The van der Waals surface area contributed by atoms with E-state index in [1.807, 2.05) is 4.90 Å². The Labute approximate surface area is 217 Å². The molecule has 1 saturated heterocycles. The zero-order chi connectivity index (χ0) is 26.9. The van der Waals surface area contributed by atoms with Gasteiger partial charge in [0, 0.05) is 11.1 Å². The molecule has 3 N–H and O–H groups in total. The Morgan fingerprint density at radius 3 is 2.32 bits per heavy atom. The third kappa shape index (κ3) is 8.11. The number of likely N-dealkylation sites (tertiary alicyclic amines) is 1. The molecular formula is C27H37N3O7. The number of carboxylic acid groups (broad SMARTS) is 1. The van der Waals surface area contributed by atoms with Gasteiger partial charge < -0.3 is 20.5 Å². The van der Waals surface area contributed by atoms with E-state index in [1.165, 1.54) is 14.0 Å². The number of nitrogens with one attached hydrogen (secondary N) is 2. The first-order valence-electron chi connectivity index (χ1n) is 12.9. The quantitative estimate of drug-likeness (QED) is 0.337. The average Bonchev–Trinajstić information content (AvgIpc) is 3.56. The highest BCUT2D eigenvalue weighted by molar-refractivity contribution is 5.96. The van der Waals surface area contributed by atoms with Crippen LogP contribution < -0.4 is 15.4 Å². The Morgan fingerprint density at radius 2 is 1.73 bits per heavy atom. The lowest BCUT2D eigenvalue weighted by atomic mass is 9.95. The number of Topliss-reactive ketones (excluding diaryl/α,β-unsaturated/α-hetero) is 2. The van der Waals surface area contributed by atoms with Gasteiger partial charge in [-0.15, -0.1) is 0 Å². The van der Waals surface area contributed by atoms with Crippen molar-refractivity contribution in [2.24, 2.45) is 5.92 Å². The van der Waals surface area contributed by atoms with Gasteiger partial charge in [-0.1, -0.05) is 12.8 Å². The molecule has 0 radical (unpaired) electrons. The van der Waals surface area contributed by atoms with Crippen LogP contribution in [-0.2, 0) is 25.6 Å². The van der Waals surface area contributed by atoms with Crippen LogP contribution in [0.2, 0.25) is 0 Å². The van der Waals surface area contributed by atoms with Crippen molar-refractivity contribution in [3.63, 3.8) is 0 Å². The molecule has 1 aromatic carbocycles. The van der Waals surface area contributed by atoms with Crippen LogP contribution in [0.5, 0.6) is 5.75 Å². The van der Waals surface area contributed by atoms with E-state index < -0.39 is 36.3 Å². The van der Waals surface area contributed by atoms with Crippen molar-refractivity contribution >= 4 is 29.4 Å². The van der Waals surface area contributed by atoms with E-state index in [-0.39, 0.29) is 30.4 Å². The highest BCUT2D eigenvalue weighted by Crippen LogP contribution is 2.28. The number of benzene rings is 1. The molecule has 1 aromatic rings. The van der Waals surface area contributed by atoms with E-state index in [0.29, 0.717) is 16.9 Å². The van der Waals surface area contributed by atoms with Crippen LogP contribution in [0.1, 0.15) is 67.8 Å². The summed E-state index contributed by atoms with van der Waals surface area (Å²) in [7, 11) is 1.47. The lowest BCUT2D eigenvalue weighted by Gasteiger charge is -2.27. The van der Waals surface area contributed by atoms with Crippen LogP contribution in [0.3, 0.4) is 0 Å². The first-order valence-corrected chi connectivity index (χ1v) is 12.9. The number of methoxy groups -OCH3 is 1. The number of hydrogen-bond donors (Lipinski definition) is 3. The number of carbonyl (C=O) groups is 5. The molecule has 3 rings (SSSR count). The van der Waals surface area contributed by atoms with Crippen LogP contribution in [0.15, 0.2) is 18.2 Å². The van der Waals surface area contributed by atoms with E-state index >= 15 is 0 Å². The minimum absolute atomic E-state index is 0.0883. The van der Waals surface area contributed by atoms with Crippen LogP contribution in [0.25, 0.3) is 0 Å². The Hall–Kier alpha value is -3.27. The Morgan fingerprint density at radius 1 is 1.05 bits per heavy atom. The number of rotatable bonds is 13. The minimum atomic E-state index is -1.18. The fraction of sp³-hybridized carbons (Fsp3) is 0.593. The number of nitrogens with zero attached hydrogens (tertiary/aromatic N) is 1. The summed E-state index contributed by atoms with van der Waals surface area (Å²) in [6, 6.07) is 2.79. The first kappa shape index (κ1) is 28.3. The molecule has 0 unspecified atom stereocenters. The molecule has 0 spiro atoms. The summed E-state index contributed by atoms with van der Waals surface area (Å²) in [6.45, 7) is 3.07. The summed E-state index contributed by atoms with van der Waals surface area (Å²) in [5, 5.41) is 14.8. The molecule has 2 atom stereocenters. The molecule has 1 aliphatic heterocycles. The standard InChI is InChI=1S/C27H37N3O7/c1-17(31)19-9-10-23(37-2)20(13-19)14-24(33)29-26(18-7-3-4-8-18)27(36)28-21(15-25(34)35)22(32)16-30-11-5-6-12-30/h9-10,13,18,21,26H,3-8,11-12,14-16H2,1-2H3,(H,28,36)(H,29,33)(H,34,35)/t21-,26-/m0/s1. The van der Waals surface area contributed by atoms with Crippen molar-refractivity contribution < 1.29 is 33.8 Å². The van der Waals surface area contributed by atoms with E-state index in [9.17, 15) is 29.1 Å². The van der Waals surface area contributed by atoms with Crippen LogP contribution >= 0.6 is 0 Å². The van der Waals surface area contributed by atoms with Gasteiger partial charge in [-0.05, 0) is 69.8 Å². The normalized spacial score (nSPS) is 17.7. The summed E-state index contributed by atoms with van der Waals surface area (Å²) in [6.07, 6.45) is 4.68. The lowest BCUT2D eigenvalue weighted by molar-refractivity contribution is -0.141. The molecule has 10 heteroatoms. The Kier molecular flexibility index (Phi) is 10.2. The van der Waals surface area contributed by atoms with E-state index in [2.05, 4.69) is 10.6 Å². The molecule has 10 nitrogen and oxygen atoms in total. The van der Waals surface area contributed by atoms with Crippen molar-refractivity contribution in [3.8, 4) is 5.75 Å². The number of carbonyl (C=O) groups excluding carboxylic acids is 4. The SMILES string of the molecule is COc1ccc(C(C)=O)cc1CC(=O)N[C@H](C(=O)N[C@@H](CC(=O)O)C(=O)CN1CCCC1)C1CCCC1. The number of hydrogen-bond acceptors (Lipinski definition) is 7. The fourth-order valence-corrected chi connectivity index (χ4v) is 5.17. The molecule has 1 aliphatic carbocycles. The molecule has 0 bridgehead atoms. The van der Waals surface area contributed by atoms with Crippen molar-refractivity contribution in [3.05, 3.63) is 29.3 Å². The zero-order valence-corrected chi connectivity index (χ0v) is 21.6. The number of carboxylic acids is 1. The topological polar surface area (TPSA) is 142 Å². The van der Waals surface area contributed by atoms with Crippen LogP contribution in [-0.4, -0.2) is 78.2 Å². The van der Waals surface area contributed by atoms with Gasteiger partial charge in [0.2, 0.25) is 11.8 Å². The van der Waals surface area contributed by atoms with Crippen molar-refractivity contribution in [2.45, 2.75) is 70.4 Å². The minimum Gasteiger partial charge on any atom is -0.496 e. The Balaban J connectivity index is 1.73. The second kappa shape index (κ2) is 13.3. The lowest BCUT2D eigenvalue weighted by Crippen LogP contribution is -2.55. The molecule has 2 aliphatic rings. The van der Waals surface area contributed by atoms with Gasteiger partial charge in [-0.2, -0.15) is 0 Å². The molecule has 1 saturated carbocycles. The molecule has 2 fully saturated rings. The van der Waals surface area contributed by atoms with Gasteiger partial charge in [0.05, 0.1) is 32.5 Å². The maximum atomic E-state index is 13.4. The average molecular weight is 516 g/mol. The summed E-state index contributed by atoms with van der Waals surface area (Å²) >= 11 is 0. The highest BCUT2D eigenvalue weighted by Gasteiger charge is 2.35. The number of ketones is 2. The van der Waals surface area contributed by atoms with E-state index in [0.717, 1.165) is 51.6 Å². The zero-order valence-electron chi connectivity index (χ0n) is 21.6. The number of amides is 2. The van der Waals surface area contributed by atoms with Crippen LogP contribution in [0, 0.1) is 5.92 Å². The van der Waals surface area contributed by atoms with Gasteiger partial charge in [0.1, 0.15) is 11.8 Å². The van der Waals surface area contributed by atoms with E-state index in [4.69, 9.17) is 4.74 Å². The predicted molar refractivity (Wildman–Crippen MR) is 135 cm³/mol. The van der Waals surface area contributed by atoms with Crippen molar-refractivity contribution in [1.29, 1.82) is 0 Å². The molecule has 202 valence electrons. The summed E-state index contributed by atoms with van der Waals surface area (Å²) < 4.78 is 5.34. The van der Waals surface area contributed by atoms with Gasteiger partial charge in [0.25, 0.3) is 0 Å². The highest BCUT2D eigenvalue weighted by atomic mass is 16.5. The number of ether oxygens (including phenoxy) is 1. The van der Waals surface area contributed by atoms with Gasteiger partial charge in [0.15, 0.2) is 11.6 Å². The van der Waals surface area contributed by atoms with Gasteiger partial charge >= 0.3 is 5.97 Å². The predicted octanol–water partition coefficient (Wildman–Crippen LogP) is 1.74. The molecule has 0 aromatic heterocycles. The first-order chi connectivity index (χ1) is 17.7. The molecule has 37 heavy (non-hydrogen) atoms. The van der Waals surface area contributed by atoms with Crippen LogP contribution in [0.4, 0.5) is 0 Å². The third-order valence-corrected chi connectivity index (χ3v) is 7.17. The largest absolute Gasteiger partial charge is 0.496 e. The maximum absolute atomic E-state index is 13.4. The molecule has 1 heterocycles. The molecular weight excluding hydrogens is 478 g/mol. The second-order valence-electron chi connectivity index (χ2n) is 9.96. The second-order valence-corrected chi connectivity index (χ2v) is 9.96. The fourth-order valence-electron chi connectivity index (χ4n) is 5.17. The number of aliphatic carboxylic acids is 1. The molecule has 2 amide bonds. The third-order valence-electron chi connectivity index (χ3n) is 7.17. The van der Waals surface area contributed by atoms with Crippen molar-refractivity contribution in [1.82, 2.24) is 15.5 Å². The van der Waals surface area contributed by atoms with Gasteiger partial charge in [-0.25, -0.2) is 0 Å². The smallest absolute Gasteiger partial charge is 0.305 e. The summed E-state index contributed by atoms with van der Waals surface area (Å²) in [5.74, 6) is -2.31. The van der Waals surface area contributed by atoms with Crippen molar-refractivity contribution in [2.75, 3.05) is 26.7 Å².